The number of fused-ring (bicyclic) bond motifs is 1. The topological polar surface area (TPSA) is 30.7 Å². The zero-order chi connectivity index (χ0) is 13.6. The minimum atomic E-state index is 0.642. The van der Waals surface area contributed by atoms with E-state index in [2.05, 4.69) is 10.1 Å². The molecule has 0 aliphatic rings. The summed E-state index contributed by atoms with van der Waals surface area (Å²) in [6.45, 7) is 1.92. The molecule has 0 bridgehead atoms. The van der Waals surface area contributed by atoms with Gasteiger partial charge in [-0.2, -0.15) is 5.10 Å². The van der Waals surface area contributed by atoms with Gasteiger partial charge in [0.25, 0.3) is 0 Å². The van der Waals surface area contributed by atoms with Crippen LogP contribution in [-0.2, 0) is 7.05 Å². The summed E-state index contributed by atoms with van der Waals surface area (Å²) in [6.07, 6.45) is 1.74. The van der Waals surface area contributed by atoms with Crippen molar-refractivity contribution in [1.82, 2.24) is 14.8 Å². The van der Waals surface area contributed by atoms with E-state index in [0.717, 1.165) is 27.9 Å². The van der Waals surface area contributed by atoms with Gasteiger partial charge in [0.05, 0.1) is 16.1 Å². The van der Waals surface area contributed by atoms with Gasteiger partial charge in [-0.05, 0) is 13.0 Å². The van der Waals surface area contributed by atoms with E-state index in [1.54, 1.807) is 10.9 Å². The van der Waals surface area contributed by atoms with Crippen molar-refractivity contribution in [3.05, 3.63) is 46.2 Å². The fourth-order valence-corrected chi connectivity index (χ4v) is 2.84. The van der Waals surface area contributed by atoms with Gasteiger partial charge in [0.15, 0.2) is 5.65 Å². The van der Waals surface area contributed by atoms with Crippen molar-refractivity contribution < 1.29 is 0 Å². The Bertz CT molecular complexity index is 778. The zero-order valence-electron chi connectivity index (χ0n) is 10.5. The Balaban J connectivity index is 2.35. The first-order chi connectivity index (χ1) is 9.09. The number of hydrogen-bond acceptors (Lipinski definition) is 2. The molecule has 0 saturated heterocycles. The third-order valence-electron chi connectivity index (χ3n) is 3.13. The summed E-state index contributed by atoms with van der Waals surface area (Å²) in [7, 11) is 1.85. The molecule has 0 fully saturated rings. The minimum absolute atomic E-state index is 0.642. The van der Waals surface area contributed by atoms with Gasteiger partial charge in [-0.1, -0.05) is 41.4 Å². The van der Waals surface area contributed by atoms with Crippen LogP contribution < -0.4 is 0 Å². The summed E-state index contributed by atoms with van der Waals surface area (Å²) >= 11 is 12.7. The van der Waals surface area contributed by atoms with Crippen molar-refractivity contribution in [2.45, 2.75) is 6.92 Å². The summed E-state index contributed by atoms with van der Waals surface area (Å²) < 4.78 is 1.73. The maximum Gasteiger partial charge on any atom is 0.159 e. The highest BCUT2D eigenvalue weighted by Gasteiger charge is 2.16. The van der Waals surface area contributed by atoms with E-state index in [4.69, 9.17) is 23.2 Å². The van der Waals surface area contributed by atoms with Crippen molar-refractivity contribution >= 4 is 34.2 Å². The Hall–Kier alpha value is -1.58. The average molecular weight is 292 g/mol. The first kappa shape index (κ1) is 12.5. The molecule has 0 aliphatic heterocycles. The molecule has 0 aliphatic carbocycles. The highest BCUT2D eigenvalue weighted by molar-refractivity contribution is 6.39. The molecule has 96 valence electrons. The second-order valence-electron chi connectivity index (χ2n) is 4.37. The highest BCUT2D eigenvalue weighted by Crippen LogP contribution is 2.37. The Labute approximate surface area is 120 Å². The van der Waals surface area contributed by atoms with E-state index < -0.39 is 0 Å². The molecular weight excluding hydrogens is 281 g/mol. The molecule has 3 aromatic rings. The van der Waals surface area contributed by atoms with E-state index in [9.17, 15) is 0 Å². The van der Waals surface area contributed by atoms with Crippen molar-refractivity contribution in [1.29, 1.82) is 0 Å². The predicted molar refractivity (Wildman–Crippen MR) is 78.7 cm³/mol. The summed E-state index contributed by atoms with van der Waals surface area (Å²) in [6, 6.07) is 7.59. The molecule has 0 radical (unpaired) electrons. The second kappa shape index (κ2) is 4.51. The lowest BCUT2D eigenvalue weighted by Gasteiger charge is -2.07. The van der Waals surface area contributed by atoms with Gasteiger partial charge >= 0.3 is 0 Å². The van der Waals surface area contributed by atoms with Gasteiger partial charge in [-0.15, -0.1) is 0 Å². The number of rotatable bonds is 1. The molecule has 0 atom stereocenters. The summed E-state index contributed by atoms with van der Waals surface area (Å²) in [5.74, 6) is 0. The molecular formula is C14H11Cl2N3. The smallest absolute Gasteiger partial charge is 0.159 e. The third kappa shape index (κ3) is 1.90. The number of aryl methyl sites for hydroxylation is 2. The normalized spacial score (nSPS) is 11.2. The summed E-state index contributed by atoms with van der Waals surface area (Å²) in [5.41, 5.74) is 3.35. The quantitative estimate of drug-likeness (QED) is 0.671. The number of benzene rings is 1. The third-order valence-corrected chi connectivity index (χ3v) is 3.85. The van der Waals surface area contributed by atoms with Crippen molar-refractivity contribution in [3.63, 3.8) is 0 Å². The van der Waals surface area contributed by atoms with Gasteiger partial charge in [0.2, 0.25) is 0 Å². The Kier molecular flexibility index (Phi) is 2.96. The van der Waals surface area contributed by atoms with Crippen LogP contribution in [0.4, 0.5) is 0 Å². The SMILES string of the molecule is Cc1nn(C)c2ncc(-c3ccccc3Cl)c(Cl)c12. The Morgan fingerprint density at radius 3 is 2.58 bits per heavy atom. The zero-order valence-corrected chi connectivity index (χ0v) is 12.0. The van der Waals surface area contributed by atoms with Crippen molar-refractivity contribution in [2.24, 2.45) is 7.05 Å². The second-order valence-corrected chi connectivity index (χ2v) is 5.16. The average Bonchev–Trinajstić information content (AvgIpc) is 2.67. The number of hydrogen-bond donors (Lipinski definition) is 0. The van der Waals surface area contributed by atoms with Crippen LogP contribution in [0.15, 0.2) is 30.5 Å². The fourth-order valence-electron chi connectivity index (χ4n) is 2.24. The maximum atomic E-state index is 6.51. The van der Waals surface area contributed by atoms with Gasteiger partial charge in [0, 0.05) is 29.4 Å². The van der Waals surface area contributed by atoms with Crippen LogP contribution in [0.5, 0.6) is 0 Å². The van der Waals surface area contributed by atoms with Crippen molar-refractivity contribution in [3.8, 4) is 11.1 Å². The first-order valence-electron chi connectivity index (χ1n) is 5.82. The van der Waals surface area contributed by atoms with Gasteiger partial charge in [0.1, 0.15) is 0 Å². The Morgan fingerprint density at radius 2 is 1.84 bits per heavy atom. The van der Waals surface area contributed by atoms with Crippen LogP contribution in [-0.4, -0.2) is 14.8 Å². The molecule has 1 aromatic carbocycles. The first-order valence-corrected chi connectivity index (χ1v) is 6.58. The predicted octanol–water partition coefficient (Wildman–Crippen LogP) is 4.25. The molecule has 3 rings (SSSR count). The molecule has 0 unspecified atom stereocenters. The molecule has 2 heterocycles. The molecule has 0 saturated carbocycles. The van der Waals surface area contributed by atoms with Crippen LogP contribution in [0.1, 0.15) is 5.69 Å². The van der Waals surface area contributed by atoms with Crippen LogP contribution in [0.25, 0.3) is 22.2 Å². The van der Waals surface area contributed by atoms with Gasteiger partial charge in [-0.25, -0.2) is 4.98 Å². The number of aromatic nitrogens is 3. The minimum Gasteiger partial charge on any atom is -0.250 e. The van der Waals surface area contributed by atoms with Gasteiger partial charge in [-0.3, -0.25) is 4.68 Å². The molecule has 5 heteroatoms. The molecule has 3 nitrogen and oxygen atoms in total. The molecule has 0 amide bonds. The molecule has 0 N–H and O–H groups in total. The Morgan fingerprint density at radius 1 is 1.11 bits per heavy atom. The number of nitrogens with zero attached hydrogens (tertiary/aromatic N) is 3. The number of pyridine rings is 1. The lowest BCUT2D eigenvalue weighted by atomic mass is 10.1. The van der Waals surface area contributed by atoms with E-state index in [1.165, 1.54) is 0 Å². The summed E-state index contributed by atoms with van der Waals surface area (Å²) in [4.78, 5) is 4.44. The van der Waals surface area contributed by atoms with E-state index in [0.29, 0.717) is 10.0 Å². The highest BCUT2D eigenvalue weighted by atomic mass is 35.5. The molecule has 0 spiro atoms. The van der Waals surface area contributed by atoms with E-state index in [1.807, 2.05) is 38.2 Å². The fraction of sp³-hybridized carbons (Fsp3) is 0.143. The maximum absolute atomic E-state index is 6.51. The lowest BCUT2D eigenvalue weighted by molar-refractivity contribution is 0.774. The van der Waals surface area contributed by atoms with Crippen LogP contribution >= 0.6 is 23.2 Å². The number of halogens is 2. The summed E-state index contributed by atoms with van der Waals surface area (Å²) in [5, 5.41) is 6.52. The lowest BCUT2D eigenvalue weighted by Crippen LogP contribution is -1.92. The standard InChI is InChI=1S/C14H11Cl2N3/c1-8-12-13(16)10(7-17-14(12)19(2)18-8)9-5-3-4-6-11(9)15/h3-7H,1-2H3. The van der Waals surface area contributed by atoms with Crippen LogP contribution in [0.3, 0.4) is 0 Å². The largest absolute Gasteiger partial charge is 0.250 e. The van der Waals surface area contributed by atoms with E-state index in [-0.39, 0.29) is 0 Å². The van der Waals surface area contributed by atoms with Crippen molar-refractivity contribution in [2.75, 3.05) is 0 Å². The van der Waals surface area contributed by atoms with Crippen LogP contribution in [0, 0.1) is 6.92 Å². The molecule has 19 heavy (non-hydrogen) atoms. The monoisotopic (exact) mass is 291 g/mol. The molecule has 2 aromatic heterocycles. The van der Waals surface area contributed by atoms with E-state index >= 15 is 0 Å². The van der Waals surface area contributed by atoms with Gasteiger partial charge < -0.3 is 0 Å². The van der Waals surface area contributed by atoms with Crippen LogP contribution in [0.2, 0.25) is 10.0 Å².